The molecule has 0 radical (unpaired) electrons. The molecule has 0 bridgehead atoms. The van der Waals surface area contributed by atoms with E-state index in [4.69, 9.17) is 11.6 Å². The lowest BCUT2D eigenvalue weighted by molar-refractivity contribution is -0.137. The molecule has 168 valence electrons. The molecule has 0 spiro atoms. The van der Waals surface area contributed by atoms with Crippen LogP contribution in [0.1, 0.15) is 38.3 Å². The summed E-state index contributed by atoms with van der Waals surface area (Å²) < 4.78 is 17.0. The number of carbonyl (C=O) groups excluding carboxylic acids is 1. The van der Waals surface area contributed by atoms with Crippen LogP contribution in [0.4, 0.5) is 4.39 Å². The fourth-order valence-electron chi connectivity index (χ4n) is 4.45. The number of pyridine rings is 1. The van der Waals surface area contributed by atoms with Gasteiger partial charge in [-0.2, -0.15) is 0 Å². The summed E-state index contributed by atoms with van der Waals surface area (Å²) in [5.41, 5.74) is -1.11. The number of rotatable bonds is 3. The minimum atomic E-state index is -1.03. The summed E-state index contributed by atoms with van der Waals surface area (Å²) in [6.45, 7) is 4.20. The van der Waals surface area contributed by atoms with Crippen LogP contribution in [0.3, 0.4) is 0 Å². The highest BCUT2D eigenvalue weighted by atomic mass is 35.5. The average molecular weight is 459 g/mol. The van der Waals surface area contributed by atoms with E-state index >= 15 is 0 Å². The first kappa shape index (κ1) is 22.2. The number of aromatic nitrogens is 3. The van der Waals surface area contributed by atoms with Crippen molar-refractivity contribution in [1.82, 2.24) is 19.0 Å². The maximum Gasteiger partial charge on any atom is 0.318 e. The monoisotopic (exact) mass is 458 g/mol. The highest BCUT2D eigenvalue weighted by Crippen LogP contribution is 2.31. The van der Waals surface area contributed by atoms with Gasteiger partial charge in [0.2, 0.25) is 5.91 Å². The summed E-state index contributed by atoms with van der Waals surface area (Å²) in [5.74, 6) is -0.587. The van der Waals surface area contributed by atoms with E-state index in [-0.39, 0.29) is 11.9 Å². The molecule has 1 aromatic carbocycles. The van der Waals surface area contributed by atoms with Gasteiger partial charge < -0.3 is 9.47 Å². The summed E-state index contributed by atoms with van der Waals surface area (Å²) in [6, 6.07) is 7.61. The summed E-state index contributed by atoms with van der Waals surface area (Å²) in [6.07, 6.45) is 2.40. The Bertz CT molecular complexity index is 1320. The Morgan fingerprint density at radius 1 is 1.16 bits per heavy atom. The van der Waals surface area contributed by atoms with Crippen LogP contribution in [0.2, 0.25) is 5.02 Å². The van der Waals surface area contributed by atoms with Crippen molar-refractivity contribution in [2.75, 3.05) is 13.1 Å². The lowest BCUT2D eigenvalue weighted by atomic mass is 9.82. The number of piperidine rings is 1. The second-order valence-corrected chi connectivity index (χ2v) is 9.10. The summed E-state index contributed by atoms with van der Waals surface area (Å²) in [5, 5.41) is 0.369. The molecule has 1 amide bonds. The number of hydrogen-bond donors (Lipinski definition) is 0. The van der Waals surface area contributed by atoms with Crippen LogP contribution < -0.4 is 11.1 Å². The van der Waals surface area contributed by atoms with E-state index in [1.807, 2.05) is 0 Å². The molecule has 1 fully saturated rings. The molecule has 4 rings (SSSR count). The molecule has 1 aliphatic rings. The van der Waals surface area contributed by atoms with Crippen molar-refractivity contribution in [3.8, 4) is 0 Å². The normalized spacial score (nSPS) is 15.3. The van der Waals surface area contributed by atoms with Crippen molar-refractivity contribution in [2.45, 2.75) is 38.1 Å². The molecule has 0 saturated carbocycles. The Morgan fingerprint density at radius 3 is 2.47 bits per heavy atom. The van der Waals surface area contributed by atoms with Gasteiger partial charge in [-0.15, -0.1) is 0 Å². The van der Waals surface area contributed by atoms with Gasteiger partial charge in [-0.1, -0.05) is 29.8 Å². The van der Waals surface area contributed by atoms with Crippen LogP contribution in [-0.2, 0) is 17.3 Å². The first-order chi connectivity index (χ1) is 15.1. The molecule has 0 N–H and O–H groups in total. The lowest BCUT2D eigenvalue weighted by Crippen LogP contribution is -2.49. The van der Waals surface area contributed by atoms with E-state index in [0.29, 0.717) is 47.7 Å². The Balaban J connectivity index is 1.62. The van der Waals surface area contributed by atoms with Gasteiger partial charge in [-0.25, -0.2) is 9.37 Å². The second-order valence-electron chi connectivity index (χ2n) is 8.66. The zero-order chi connectivity index (χ0) is 23.2. The number of nitrogens with zero attached hydrogens (tertiary/aromatic N) is 4. The average Bonchev–Trinajstić information content (AvgIpc) is 2.78. The predicted molar refractivity (Wildman–Crippen MR) is 121 cm³/mol. The van der Waals surface area contributed by atoms with Crippen molar-refractivity contribution < 1.29 is 9.18 Å². The molecule has 3 heterocycles. The van der Waals surface area contributed by atoms with Gasteiger partial charge in [0.05, 0.1) is 16.0 Å². The standard InChI is InChI=1S/C23H24ClFN4O3/c1-23(2,16-6-4-5-7-17(16)25)22(32)28-10-8-15(9-11-28)29-19-18(12-14(24)13-26-19)27(3)20(30)21(29)31/h4-7,12-13,15H,8-11H2,1-3H3. The minimum absolute atomic E-state index is 0.174. The Hall–Kier alpha value is -3.00. The lowest BCUT2D eigenvalue weighted by Gasteiger charge is -2.37. The molecule has 32 heavy (non-hydrogen) atoms. The third-order valence-electron chi connectivity index (χ3n) is 6.31. The largest absolute Gasteiger partial charge is 0.342 e. The molecule has 0 atom stereocenters. The quantitative estimate of drug-likeness (QED) is 0.565. The number of amides is 1. The topological polar surface area (TPSA) is 77.2 Å². The smallest absolute Gasteiger partial charge is 0.318 e. The van der Waals surface area contributed by atoms with Gasteiger partial charge in [-0.3, -0.25) is 19.0 Å². The van der Waals surface area contributed by atoms with Crippen molar-refractivity contribution >= 4 is 28.7 Å². The number of carbonyl (C=O) groups is 1. The number of hydrogen-bond acceptors (Lipinski definition) is 4. The van der Waals surface area contributed by atoms with Gasteiger partial charge in [0.15, 0.2) is 5.65 Å². The van der Waals surface area contributed by atoms with E-state index in [1.165, 1.54) is 28.4 Å². The first-order valence-corrected chi connectivity index (χ1v) is 10.8. The molecular formula is C23H24ClFN4O3. The summed E-state index contributed by atoms with van der Waals surface area (Å²) in [4.78, 5) is 44.6. The predicted octanol–water partition coefficient (Wildman–Crippen LogP) is 3.03. The second kappa shape index (κ2) is 8.16. The van der Waals surface area contributed by atoms with Crippen molar-refractivity contribution in [2.24, 2.45) is 7.05 Å². The van der Waals surface area contributed by atoms with E-state index in [0.717, 1.165) is 0 Å². The Labute approximate surface area is 189 Å². The molecule has 1 aliphatic heterocycles. The Morgan fingerprint density at radius 2 is 1.81 bits per heavy atom. The van der Waals surface area contributed by atoms with Crippen LogP contribution >= 0.6 is 11.6 Å². The third kappa shape index (κ3) is 3.62. The number of halogens is 2. The molecule has 9 heteroatoms. The van der Waals surface area contributed by atoms with Crippen molar-refractivity contribution in [3.05, 3.63) is 73.6 Å². The molecule has 7 nitrogen and oxygen atoms in total. The van der Waals surface area contributed by atoms with E-state index in [9.17, 15) is 18.8 Å². The highest BCUT2D eigenvalue weighted by molar-refractivity contribution is 6.31. The van der Waals surface area contributed by atoms with Crippen molar-refractivity contribution in [1.29, 1.82) is 0 Å². The number of benzene rings is 1. The van der Waals surface area contributed by atoms with E-state index in [1.54, 1.807) is 43.0 Å². The maximum absolute atomic E-state index is 14.3. The van der Waals surface area contributed by atoms with Crippen LogP contribution in [0.5, 0.6) is 0 Å². The fourth-order valence-corrected chi connectivity index (χ4v) is 4.60. The molecule has 2 aromatic heterocycles. The van der Waals surface area contributed by atoms with Crippen molar-refractivity contribution in [3.63, 3.8) is 0 Å². The van der Waals surface area contributed by atoms with Crippen LogP contribution in [0.25, 0.3) is 11.2 Å². The third-order valence-corrected chi connectivity index (χ3v) is 6.52. The van der Waals surface area contributed by atoms with E-state index < -0.39 is 22.4 Å². The van der Waals surface area contributed by atoms with Gasteiger partial charge in [-0.05, 0) is 38.8 Å². The number of likely N-dealkylation sites (tertiary alicyclic amines) is 1. The van der Waals surface area contributed by atoms with Crippen LogP contribution in [-0.4, -0.2) is 38.0 Å². The number of fused-ring (bicyclic) bond motifs is 1. The molecule has 0 aliphatic carbocycles. The van der Waals surface area contributed by atoms with Gasteiger partial charge in [0.1, 0.15) is 5.82 Å². The molecule has 3 aromatic rings. The first-order valence-electron chi connectivity index (χ1n) is 10.4. The van der Waals surface area contributed by atoms with Crippen LogP contribution in [0, 0.1) is 5.82 Å². The Kier molecular flexibility index (Phi) is 5.67. The van der Waals surface area contributed by atoms with E-state index in [2.05, 4.69) is 4.98 Å². The molecule has 1 saturated heterocycles. The van der Waals surface area contributed by atoms with Gasteiger partial charge >= 0.3 is 11.1 Å². The summed E-state index contributed by atoms with van der Waals surface area (Å²) >= 11 is 6.04. The van der Waals surface area contributed by atoms with Gasteiger partial charge in [0.25, 0.3) is 0 Å². The van der Waals surface area contributed by atoms with Gasteiger partial charge in [0, 0.05) is 37.9 Å². The van der Waals surface area contributed by atoms with Crippen LogP contribution in [0.15, 0.2) is 46.1 Å². The number of aryl methyl sites for hydroxylation is 1. The zero-order valence-electron chi connectivity index (χ0n) is 18.1. The molecule has 0 unspecified atom stereocenters. The summed E-state index contributed by atoms with van der Waals surface area (Å²) in [7, 11) is 1.51. The molecular weight excluding hydrogens is 435 g/mol. The fraction of sp³-hybridized carbons (Fsp3) is 0.391. The maximum atomic E-state index is 14.3. The SMILES string of the molecule is Cn1c(=O)c(=O)n(C2CCN(C(=O)C(C)(C)c3ccccc3F)CC2)c2ncc(Cl)cc21. The zero-order valence-corrected chi connectivity index (χ0v) is 18.9. The highest BCUT2D eigenvalue weighted by Gasteiger charge is 2.37. The minimum Gasteiger partial charge on any atom is -0.342 e.